The molecule has 0 saturated carbocycles. The van der Waals surface area contributed by atoms with Crippen molar-refractivity contribution < 1.29 is 9.53 Å². The highest BCUT2D eigenvalue weighted by Gasteiger charge is 2.19. The van der Waals surface area contributed by atoms with Crippen molar-refractivity contribution in [2.45, 2.75) is 40.5 Å². The van der Waals surface area contributed by atoms with Crippen molar-refractivity contribution in [3.05, 3.63) is 30.1 Å². The number of H-pyrrole nitrogens is 1. The van der Waals surface area contributed by atoms with E-state index in [-0.39, 0.29) is 11.9 Å². The number of nitrogens with one attached hydrogen (secondary N) is 1. The second-order valence-corrected chi connectivity index (χ2v) is 3.39. The minimum absolute atomic E-state index is 0.236. The normalized spacial score (nSPS) is 10.6. The smallest absolute Gasteiger partial charge is 0.312 e. The van der Waals surface area contributed by atoms with Crippen LogP contribution in [0.25, 0.3) is 11.0 Å². The molecule has 2 heterocycles. The third kappa shape index (κ3) is 4.09. The van der Waals surface area contributed by atoms with Crippen LogP contribution in [0, 0.1) is 0 Å². The quantitative estimate of drug-likeness (QED) is 0.837. The lowest BCUT2D eigenvalue weighted by Crippen LogP contribution is -2.10. The van der Waals surface area contributed by atoms with Gasteiger partial charge in [-0.15, -0.1) is 0 Å². The van der Waals surface area contributed by atoms with E-state index in [1.165, 1.54) is 7.11 Å². The molecule has 1 N–H and O–H groups in total. The third-order valence-corrected chi connectivity index (χ3v) is 2.50. The van der Waals surface area contributed by atoms with Crippen molar-refractivity contribution in [2.24, 2.45) is 0 Å². The zero-order chi connectivity index (χ0) is 14.8. The molecule has 0 fully saturated rings. The number of aromatic nitrogens is 2. The zero-order valence-electron chi connectivity index (χ0n) is 12.7. The Bertz CT molecular complexity index is 492. The fourth-order valence-electron chi connectivity index (χ4n) is 1.64. The summed E-state index contributed by atoms with van der Waals surface area (Å²) in [4.78, 5) is 18.6. The molecule has 0 spiro atoms. The lowest BCUT2D eigenvalue weighted by Gasteiger charge is -2.07. The van der Waals surface area contributed by atoms with Gasteiger partial charge in [0.15, 0.2) is 0 Å². The van der Waals surface area contributed by atoms with Gasteiger partial charge in [-0.3, -0.25) is 4.79 Å². The van der Waals surface area contributed by atoms with Crippen molar-refractivity contribution in [1.82, 2.24) is 9.97 Å². The Kier molecular flexibility index (Phi) is 8.25. The summed E-state index contributed by atoms with van der Waals surface area (Å²) in [7, 11) is 1.39. The van der Waals surface area contributed by atoms with E-state index in [4.69, 9.17) is 4.74 Å². The second kappa shape index (κ2) is 9.14. The van der Waals surface area contributed by atoms with Gasteiger partial charge in [0.1, 0.15) is 5.65 Å². The fraction of sp³-hybridized carbons (Fsp3) is 0.467. The number of carbonyl (C=O) groups excluding carboxylic acids is 1. The summed E-state index contributed by atoms with van der Waals surface area (Å²) < 4.78 is 4.71. The molecule has 2 aromatic heterocycles. The molecule has 2 aromatic rings. The zero-order valence-corrected chi connectivity index (χ0v) is 12.7. The first-order valence-electron chi connectivity index (χ1n) is 6.74. The van der Waals surface area contributed by atoms with E-state index >= 15 is 0 Å². The van der Waals surface area contributed by atoms with Crippen LogP contribution < -0.4 is 0 Å². The topological polar surface area (TPSA) is 55.0 Å². The number of ether oxygens (including phenoxy) is 1. The van der Waals surface area contributed by atoms with Gasteiger partial charge in [0.05, 0.1) is 13.0 Å². The summed E-state index contributed by atoms with van der Waals surface area (Å²) in [6.45, 7) is 9.82. The molecule has 2 rings (SSSR count). The highest BCUT2D eigenvalue weighted by Crippen LogP contribution is 2.24. The summed E-state index contributed by atoms with van der Waals surface area (Å²) in [6.07, 6.45) is 3.52. The number of hydrogen-bond acceptors (Lipinski definition) is 3. The molecule has 0 aromatic carbocycles. The molecule has 1 unspecified atom stereocenters. The average molecular weight is 264 g/mol. The molecule has 0 aliphatic rings. The molecule has 19 heavy (non-hydrogen) atoms. The van der Waals surface area contributed by atoms with Crippen LogP contribution in [-0.4, -0.2) is 23.0 Å². The number of nitrogens with zero attached hydrogens (tertiary/aromatic N) is 1. The highest BCUT2D eigenvalue weighted by atomic mass is 16.5. The van der Waals surface area contributed by atoms with Crippen LogP contribution in [0.4, 0.5) is 0 Å². The van der Waals surface area contributed by atoms with Gasteiger partial charge >= 0.3 is 5.97 Å². The Morgan fingerprint density at radius 2 is 1.95 bits per heavy atom. The van der Waals surface area contributed by atoms with Crippen molar-refractivity contribution in [3.8, 4) is 0 Å². The van der Waals surface area contributed by atoms with Crippen molar-refractivity contribution in [2.75, 3.05) is 7.11 Å². The Hall–Kier alpha value is -1.84. The SMILES string of the molecule is CC.CC.COC(=O)C(C)c1c[nH]c2ncccc12. The maximum atomic E-state index is 11.4. The minimum Gasteiger partial charge on any atom is -0.469 e. The Morgan fingerprint density at radius 3 is 2.53 bits per heavy atom. The Balaban J connectivity index is 0.000000741. The van der Waals surface area contributed by atoms with Crippen molar-refractivity contribution in [3.63, 3.8) is 0 Å². The van der Waals surface area contributed by atoms with Gasteiger partial charge < -0.3 is 9.72 Å². The van der Waals surface area contributed by atoms with Gasteiger partial charge in [-0.25, -0.2) is 4.98 Å². The van der Waals surface area contributed by atoms with E-state index in [1.54, 1.807) is 12.4 Å². The Labute approximate surface area is 115 Å². The van der Waals surface area contributed by atoms with Gasteiger partial charge in [0.25, 0.3) is 0 Å². The highest BCUT2D eigenvalue weighted by molar-refractivity contribution is 5.87. The maximum absolute atomic E-state index is 11.4. The molecule has 0 aliphatic carbocycles. The number of hydrogen-bond donors (Lipinski definition) is 1. The van der Waals surface area contributed by atoms with Gasteiger partial charge in [-0.1, -0.05) is 27.7 Å². The van der Waals surface area contributed by atoms with Crippen LogP contribution in [0.5, 0.6) is 0 Å². The van der Waals surface area contributed by atoms with Crippen LogP contribution in [0.2, 0.25) is 0 Å². The van der Waals surface area contributed by atoms with Gasteiger partial charge in [0, 0.05) is 17.8 Å². The first-order valence-corrected chi connectivity index (χ1v) is 6.74. The van der Waals surface area contributed by atoms with E-state index in [1.807, 2.05) is 46.8 Å². The number of aromatic amines is 1. The summed E-state index contributed by atoms with van der Waals surface area (Å²) >= 11 is 0. The predicted molar refractivity (Wildman–Crippen MR) is 79.2 cm³/mol. The molecule has 1 atom stereocenters. The summed E-state index contributed by atoms with van der Waals surface area (Å²) in [5, 5.41) is 0.968. The summed E-state index contributed by atoms with van der Waals surface area (Å²) in [5.74, 6) is -0.507. The maximum Gasteiger partial charge on any atom is 0.312 e. The lowest BCUT2D eigenvalue weighted by atomic mass is 10.0. The second-order valence-electron chi connectivity index (χ2n) is 3.39. The number of esters is 1. The molecule has 0 aliphatic heterocycles. The molecular weight excluding hydrogens is 240 g/mol. The summed E-state index contributed by atoms with van der Waals surface area (Å²) in [5.41, 5.74) is 1.72. The van der Waals surface area contributed by atoms with E-state index in [2.05, 4.69) is 9.97 Å². The van der Waals surface area contributed by atoms with E-state index < -0.39 is 0 Å². The lowest BCUT2D eigenvalue weighted by molar-refractivity contribution is -0.141. The van der Waals surface area contributed by atoms with Crippen molar-refractivity contribution in [1.29, 1.82) is 0 Å². The number of methoxy groups -OCH3 is 1. The molecule has 4 heteroatoms. The predicted octanol–water partition coefficient (Wildman–Crippen LogP) is 3.89. The third-order valence-electron chi connectivity index (χ3n) is 2.50. The first-order chi connectivity index (χ1) is 9.24. The van der Waals surface area contributed by atoms with Crippen LogP contribution in [0.1, 0.15) is 46.1 Å². The molecule has 0 radical (unpaired) electrons. The largest absolute Gasteiger partial charge is 0.469 e. The van der Waals surface area contributed by atoms with E-state index in [9.17, 15) is 4.79 Å². The Morgan fingerprint density at radius 1 is 1.32 bits per heavy atom. The van der Waals surface area contributed by atoms with E-state index in [0.29, 0.717) is 0 Å². The molecule has 0 saturated heterocycles. The monoisotopic (exact) mass is 264 g/mol. The van der Waals surface area contributed by atoms with E-state index in [0.717, 1.165) is 16.6 Å². The number of fused-ring (bicyclic) bond motifs is 1. The number of rotatable bonds is 2. The van der Waals surface area contributed by atoms with Gasteiger partial charge in [-0.05, 0) is 24.6 Å². The van der Waals surface area contributed by atoms with Gasteiger partial charge in [0.2, 0.25) is 0 Å². The van der Waals surface area contributed by atoms with Crippen LogP contribution in [0.3, 0.4) is 0 Å². The molecule has 0 bridgehead atoms. The average Bonchev–Trinajstić information content (AvgIpc) is 2.93. The number of carbonyl (C=O) groups is 1. The minimum atomic E-state index is -0.270. The first kappa shape index (κ1) is 17.2. The standard InChI is InChI=1S/C11H12N2O2.2C2H6/c1-7(11(14)15-2)9-6-13-10-8(9)4-3-5-12-10;2*1-2/h3-7H,1-2H3,(H,12,13);2*1-2H3. The van der Waals surface area contributed by atoms with Crippen LogP contribution in [0.15, 0.2) is 24.5 Å². The van der Waals surface area contributed by atoms with Crippen molar-refractivity contribution >= 4 is 17.0 Å². The molecule has 4 nitrogen and oxygen atoms in total. The fourth-order valence-corrected chi connectivity index (χ4v) is 1.64. The molecule has 0 amide bonds. The molecule has 106 valence electrons. The van der Waals surface area contributed by atoms with Gasteiger partial charge in [-0.2, -0.15) is 0 Å². The molecular formula is C15H24N2O2. The summed E-state index contributed by atoms with van der Waals surface area (Å²) in [6, 6.07) is 3.79. The van der Waals surface area contributed by atoms with Crippen LogP contribution >= 0.6 is 0 Å². The number of pyridine rings is 1. The van der Waals surface area contributed by atoms with Crippen LogP contribution in [-0.2, 0) is 9.53 Å².